The zero-order valence-electron chi connectivity index (χ0n) is 15.4. The van der Waals surface area contributed by atoms with Crippen LogP contribution in [0.3, 0.4) is 0 Å². The molecule has 1 aromatic carbocycles. The molecule has 1 aliphatic carbocycles. The molecule has 10 heteroatoms. The van der Waals surface area contributed by atoms with Crippen molar-refractivity contribution in [3.05, 3.63) is 23.8 Å². The second-order valence-electron chi connectivity index (χ2n) is 7.12. The number of carboxylic acid groups (broad SMARTS) is 1. The minimum Gasteiger partial charge on any atom is -0.493 e. The van der Waals surface area contributed by atoms with E-state index in [4.69, 9.17) is 9.47 Å². The number of carbonyl (C=O) groups excluding carboxylic acids is 1. The third-order valence-electron chi connectivity index (χ3n) is 3.47. The van der Waals surface area contributed by atoms with E-state index in [0.29, 0.717) is 18.3 Å². The molecule has 1 aromatic rings. The number of anilines is 1. The second kappa shape index (κ2) is 8.13. The molecule has 0 saturated heterocycles. The van der Waals surface area contributed by atoms with Gasteiger partial charge < -0.3 is 19.9 Å². The Balaban J connectivity index is 2.01. The standard InChI is InChI=1S/C17H23NO8S/c1-17(2,3)26-16(21)27(22,23)25-10-18-14-8-12(24-9-11-4-5-11)6-7-13(14)15(19)20/h6-8,11,18H,4-5,9-10H2,1-3H3,(H,19,20). The van der Waals surface area contributed by atoms with E-state index in [1.165, 1.54) is 39.0 Å². The Kier molecular flexibility index (Phi) is 6.32. The molecule has 0 radical (unpaired) electrons. The van der Waals surface area contributed by atoms with Crippen LogP contribution in [0.4, 0.5) is 10.5 Å². The maximum absolute atomic E-state index is 11.8. The lowest BCUT2D eigenvalue weighted by Crippen LogP contribution is -2.30. The van der Waals surface area contributed by atoms with Crippen LogP contribution in [0.2, 0.25) is 0 Å². The van der Waals surface area contributed by atoms with E-state index in [2.05, 4.69) is 9.50 Å². The third kappa shape index (κ3) is 6.72. The normalized spacial score (nSPS) is 14.5. The van der Waals surface area contributed by atoms with Crippen LogP contribution in [0.1, 0.15) is 44.0 Å². The summed E-state index contributed by atoms with van der Waals surface area (Å²) in [6.07, 6.45) is 2.21. The van der Waals surface area contributed by atoms with Crippen LogP contribution in [-0.2, 0) is 19.0 Å². The summed E-state index contributed by atoms with van der Waals surface area (Å²) in [5.74, 6) is -0.242. The molecule has 0 aromatic heterocycles. The highest BCUT2D eigenvalue weighted by Crippen LogP contribution is 2.30. The van der Waals surface area contributed by atoms with Gasteiger partial charge in [0.2, 0.25) is 0 Å². The van der Waals surface area contributed by atoms with Crippen LogP contribution < -0.4 is 10.1 Å². The first-order chi connectivity index (χ1) is 12.5. The van der Waals surface area contributed by atoms with Crippen molar-refractivity contribution in [3.63, 3.8) is 0 Å². The van der Waals surface area contributed by atoms with Crippen LogP contribution >= 0.6 is 0 Å². The molecular weight excluding hydrogens is 378 g/mol. The van der Waals surface area contributed by atoms with Gasteiger partial charge in [0.05, 0.1) is 17.9 Å². The highest BCUT2D eigenvalue weighted by molar-refractivity contribution is 8.01. The topological polar surface area (TPSA) is 128 Å². The molecule has 150 valence electrons. The third-order valence-corrected chi connectivity index (χ3v) is 4.39. The predicted octanol–water partition coefficient (Wildman–Crippen LogP) is 2.82. The fourth-order valence-electron chi connectivity index (χ4n) is 1.98. The second-order valence-corrected chi connectivity index (χ2v) is 8.60. The van der Waals surface area contributed by atoms with Gasteiger partial charge in [0.1, 0.15) is 18.1 Å². The van der Waals surface area contributed by atoms with Crippen molar-refractivity contribution >= 4 is 27.1 Å². The zero-order chi connectivity index (χ0) is 20.2. The van der Waals surface area contributed by atoms with Crippen LogP contribution in [0.15, 0.2) is 18.2 Å². The molecule has 0 spiro atoms. The first-order valence-corrected chi connectivity index (χ1v) is 9.75. The summed E-state index contributed by atoms with van der Waals surface area (Å²) in [6, 6.07) is 4.31. The molecule has 0 heterocycles. The molecule has 0 unspecified atom stereocenters. The van der Waals surface area contributed by atoms with Crippen LogP contribution in [0.5, 0.6) is 5.75 Å². The molecule has 0 bridgehead atoms. The van der Waals surface area contributed by atoms with Crippen LogP contribution in [-0.4, -0.2) is 43.7 Å². The van der Waals surface area contributed by atoms with E-state index in [-0.39, 0.29) is 11.3 Å². The number of hydrogen-bond acceptors (Lipinski definition) is 8. The lowest BCUT2D eigenvalue weighted by molar-refractivity contribution is 0.0684. The molecular formula is C17H23NO8S. The number of aromatic carboxylic acids is 1. The average Bonchev–Trinajstić information content (AvgIpc) is 3.35. The molecule has 1 saturated carbocycles. The molecule has 1 aliphatic rings. The Morgan fingerprint density at radius 2 is 1.93 bits per heavy atom. The van der Waals surface area contributed by atoms with Crippen molar-refractivity contribution in [1.82, 2.24) is 0 Å². The number of carboxylic acids is 1. The van der Waals surface area contributed by atoms with Gasteiger partial charge in [-0.05, 0) is 51.7 Å². The molecule has 2 rings (SSSR count). The summed E-state index contributed by atoms with van der Waals surface area (Å²) < 4.78 is 38.5. The number of rotatable bonds is 8. The summed E-state index contributed by atoms with van der Waals surface area (Å²) in [5.41, 5.74) is -0.979. The molecule has 9 nitrogen and oxygen atoms in total. The maximum atomic E-state index is 11.8. The summed E-state index contributed by atoms with van der Waals surface area (Å²) >= 11 is 0. The van der Waals surface area contributed by atoms with Gasteiger partial charge in [-0.2, -0.15) is 8.42 Å². The van der Waals surface area contributed by atoms with Gasteiger partial charge in [-0.25, -0.2) is 13.8 Å². The predicted molar refractivity (Wildman–Crippen MR) is 96.3 cm³/mol. The molecule has 2 N–H and O–H groups in total. The summed E-state index contributed by atoms with van der Waals surface area (Å²) in [7, 11) is -4.62. The highest BCUT2D eigenvalue weighted by atomic mass is 32.2. The Morgan fingerprint density at radius 1 is 1.26 bits per heavy atom. The molecule has 0 aliphatic heterocycles. The monoisotopic (exact) mass is 401 g/mol. The minimum atomic E-state index is -4.62. The van der Waals surface area contributed by atoms with Gasteiger partial charge in [0.25, 0.3) is 0 Å². The maximum Gasteiger partial charge on any atom is 0.452 e. The van der Waals surface area contributed by atoms with Crippen molar-refractivity contribution in [3.8, 4) is 5.75 Å². The number of nitrogens with one attached hydrogen (secondary N) is 1. The van der Waals surface area contributed by atoms with Gasteiger partial charge in [0.15, 0.2) is 0 Å². The van der Waals surface area contributed by atoms with E-state index < -0.39 is 33.7 Å². The van der Waals surface area contributed by atoms with E-state index in [9.17, 15) is 23.1 Å². The Labute approximate surface area is 157 Å². The van der Waals surface area contributed by atoms with Crippen molar-refractivity contribution < 1.29 is 36.8 Å². The molecule has 1 fully saturated rings. The molecule has 27 heavy (non-hydrogen) atoms. The van der Waals surface area contributed by atoms with Crippen molar-refractivity contribution in [2.24, 2.45) is 5.92 Å². The molecule has 0 atom stereocenters. The van der Waals surface area contributed by atoms with E-state index in [1.54, 1.807) is 0 Å². The largest absolute Gasteiger partial charge is 0.493 e. The first kappa shape index (κ1) is 21.0. The van der Waals surface area contributed by atoms with E-state index in [0.717, 1.165) is 12.8 Å². The van der Waals surface area contributed by atoms with Gasteiger partial charge in [0, 0.05) is 6.07 Å². The Morgan fingerprint density at radius 3 is 2.48 bits per heavy atom. The van der Waals surface area contributed by atoms with Gasteiger partial charge >= 0.3 is 21.4 Å². The summed E-state index contributed by atoms with van der Waals surface area (Å²) in [5, 5.41) is 10.3. The molecule has 0 amide bonds. The number of ether oxygens (including phenoxy) is 2. The fraction of sp³-hybridized carbons (Fsp3) is 0.529. The number of hydrogen-bond donors (Lipinski definition) is 2. The van der Waals surface area contributed by atoms with Crippen molar-refractivity contribution in [1.29, 1.82) is 0 Å². The smallest absolute Gasteiger partial charge is 0.452 e. The minimum absolute atomic E-state index is 0.0907. The number of carbonyl (C=O) groups is 2. The summed E-state index contributed by atoms with van der Waals surface area (Å²) in [6.45, 7) is 4.45. The van der Waals surface area contributed by atoms with Gasteiger partial charge in [-0.15, -0.1) is 0 Å². The SMILES string of the molecule is CC(C)(C)OC(=O)S(=O)(=O)OCNc1cc(OCC2CC2)ccc1C(=O)O. The van der Waals surface area contributed by atoms with E-state index >= 15 is 0 Å². The Hall–Kier alpha value is -2.33. The Bertz CT molecular complexity index is 809. The van der Waals surface area contributed by atoms with Crippen LogP contribution in [0, 0.1) is 5.92 Å². The number of benzene rings is 1. The lowest BCUT2D eigenvalue weighted by Gasteiger charge is -2.19. The lowest BCUT2D eigenvalue weighted by atomic mass is 10.1. The van der Waals surface area contributed by atoms with Gasteiger partial charge in [-0.3, -0.25) is 0 Å². The van der Waals surface area contributed by atoms with Crippen molar-refractivity contribution in [2.45, 2.75) is 39.2 Å². The summed E-state index contributed by atoms with van der Waals surface area (Å²) in [4.78, 5) is 23.0. The first-order valence-electron chi connectivity index (χ1n) is 8.34. The van der Waals surface area contributed by atoms with Crippen LogP contribution in [0.25, 0.3) is 0 Å². The fourth-order valence-corrected chi connectivity index (χ4v) is 2.64. The van der Waals surface area contributed by atoms with Crippen molar-refractivity contribution in [2.75, 3.05) is 18.7 Å². The van der Waals surface area contributed by atoms with E-state index in [1.807, 2.05) is 0 Å². The zero-order valence-corrected chi connectivity index (χ0v) is 16.2. The average molecular weight is 401 g/mol. The van der Waals surface area contributed by atoms with Gasteiger partial charge in [-0.1, -0.05) is 0 Å². The quantitative estimate of drug-likeness (QED) is 0.384. The highest BCUT2D eigenvalue weighted by Gasteiger charge is 2.30.